The van der Waals surface area contributed by atoms with Crippen molar-refractivity contribution in [2.75, 3.05) is 13.1 Å². The van der Waals surface area contributed by atoms with Crippen LogP contribution in [0.3, 0.4) is 0 Å². The maximum Gasteiger partial charge on any atom is 0.127 e. The zero-order chi connectivity index (χ0) is 19.1. The fraction of sp³-hybridized carbons (Fsp3) is 0.280. The van der Waals surface area contributed by atoms with Gasteiger partial charge in [0.15, 0.2) is 0 Å². The first-order chi connectivity index (χ1) is 13.7. The highest BCUT2D eigenvalue weighted by molar-refractivity contribution is 5.64. The third kappa shape index (κ3) is 3.25. The van der Waals surface area contributed by atoms with Gasteiger partial charge in [-0.05, 0) is 29.7 Å². The molecule has 0 spiro atoms. The van der Waals surface area contributed by atoms with E-state index in [1.54, 1.807) is 12.1 Å². The lowest BCUT2D eigenvalue weighted by atomic mass is 9.74. The summed E-state index contributed by atoms with van der Waals surface area (Å²) in [6, 6.07) is 25.7. The number of hydrogen-bond acceptors (Lipinski definition) is 2. The first kappa shape index (κ1) is 17.6. The minimum atomic E-state index is -0.0991. The number of nitrogens with one attached hydrogen (secondary N) is 1. The lowest BCUT2D eigenvalue weighted by molar-refractivity contribution is 0.0464. The van der Waals surface area contributed by atoms with Gasteiger partial charge in [-0.1, -0.05) is 72.3 Å². The summed E-state index contributed by atoms with van der Waals surface area (Å²) in [6.07, 6.45) is 0. The summed E-state index contributed by atoms with van der Waals surface area (Å²) in [6.45, 7) is 4.76. The SMILES string of the molecule is Cc1cccc(-c2ccc(C3[C@@H]4CN(Cc5ccccc5F)C[C@H]3N4)cc2)c1. The third-order valence-electron chi connectivity index (χ3n) is 6.20. The molecule has 3 saturated heterocycles. The minimum absolute atomic E-state index is 0.0991. The molecule has 0 radical (unpaired) electrons. The number of hydrogen-bond donors (Lipinski definition) is 1. The van der Waals surface area contributed by atoms with Gasteiger partial charge in [0.2, 0.25) is 0 Å². The zero-order valence-electron chi connectivity index (χ0n) is 16.1. The van der Waals surface area contributed by atoms with Crippen molar-refractivity contribution < 1.29 is 4.39 Å². The molecule has 3 heteroatoms. The second-order valence-corrected chi connectivity index (χ2v) is 8.18. The molecule has 3 aromatic carbocycles. The van der Waals surface area contributed by atoms with E-state index in [0.717, 1.165) is 18.7 Å². The topological polar surface area (TPSA) is 15.3 Å². The maximum absolute atomic E-state index is 14.0. The molecule has 3 aromatic rings. The quantitative estimate of drug-likeness (QED) is 0.712. The van der Waals surface area contributed by atoms with Gasteiger partial charge in [0.05, 0.1) is 0 Å². The third-order valence-corrected chi connectivity index (χ3v) is 6.20. The summed E-state index contributed by atoms with van der Waals surface area (Å²) in [5, 5.41) is 3.68. The van der Waals surface area contributed by atoms with Crippen LogP contribution in [0.25, 0.3) is 11.1 Å². The van der Waals surface area contributed by atoms with Crippen molar-refractivity contribution in [2.45, 2.75) is 31.5 Å². The second-order valence-electron chi connectivity index (χ2n) is 8.18. The number of halogens is 1. The summed E-state index contributed by atoms with van der Waals surface area (Å²) in [7, 11) is 0. The first-order valence-corrected chi connectivity index (χ1v) is 10.1. The Kier molecular flexibility index (Phi) is 4.50. The first-order valence-electron chi connectivity index (χ1n) is 10.1. The Morgan fingerprint density at radius 2 is 1.64 bits per heavy atom. The van der Waals surface area contributed by atoms with E-state index in [4.69, 9.17) is 0 Å². The minimum Gasteiger partial charge on any atom is -0.307 e. The van der Waals surface area contributed by atoms with Crippen LogP contribution in [0.15, 0.2) is 72.8 Å². The Hall–Kier alpha value is -2.49. The molecule has 1 unspecified atom stereocenters. The molecular weight excluding hydrogens is 347 g/mol. The normalized spacial score (nSPS) is 24.0. The van der Waals surface area contributed by atoms with E-state index in [1.165, 1.54) is 22.3 Å². The fourth-order valence-corrected chi connectivity index (χ4v) is 4.79. The van der Waals surface area contributed by atoms with Crippen LogP contribution in [-0.4, -0.2) is 30.1 Å². The molecule has 3 aliphatic rings. The molecule has 1 N–H and O–H groups in total. The monoisotopic (exact) mass is 372 g/mol. The average Bonchev–Trinajstić information content (AvgIpc) is 2.70. The van der Waals surface area contributed by atoms with Crippen LogP contribution >= 0.6 is 0 Å². The number of piperazine rings is 1. The molecule has 0 aliphatic carbocycles. The highest BCUT2D eigenvalue weighted by atomic mass is 19.1. The summed E-state index contributed by atoms with van der Waals surface area (Å²) < 4.78 is 14.0. The molecule has 28 heavy (non-hydrogen) atoms. The van der Waals surface area contributed by atoms with Gasteiger partial charge in [0.1, 0.15) is 5.82 Å². The number of fused-ring (bicyclic) bond motifs is 2. The molecular formula is C25H25FN2. The second kappa shape index (κ2) is 7.16. The standard InChI is InChI=1S/C25H25FN2/c1-17-5-4-7-20(13-17)18-9-11-19(12-10-18)25-23-15-28(16-24(25)27-23)14-21-6-2-3-8-22(21)26/h2-13,23-25,27H,14-16H2,1H3/t23-,24+,25?. The van der Waals surface area contributed by atoms with Gasteiger partial charge in [-0.25, -0.2) is 4.39 Å². The van der Waals surface area contributed by atoms with Crippen LogP contribution < -0.4 is 5.32 Å². The number of rotatable bonds is 4. The van der Waals surface area contributed by atoms with E-state index in [2.05, 4.69) is 65.7 Å². The summed E-state index contributed by atoms with van der Waals surface area (Å²) in [4.78, 5) is 2.38. The molecule has 6 rings (SSSR count). The Bertz CT molecular complexity index is 970. The molecule has 0 aromatic heterocycles. The Morgan fingerprint density at radius 3 is 2.36 bits per heavy atom. The van der Waals surface area contributed by atoms with Gasteiger partial charge >= 0.3 is 0 Å². The van der Waals surface area contributed by atoms with Crippen LogP contribution in [0.5, 0.6) is 0 Å². The maximum atomic E-state index is 14.0. The predicted molar refractivity (Wildman–Crippen MR) is 112 cm³/mol. The summed E-state index contributed by atoms with van der Waals surface area (Å²) in [5.41, 5.74) is 6.04. The van der Waals surface area contributed by atoms with Gasteiger partial charge in [0.25, 0.3) is 0 Å². The van der Waals surface area contributed by atoms with Gasteiger partial charge < -0.3 is 5.32 Å². The van der Waals surface area contributed by atoms with Gasteiger partial charge in [-0.3, -0.25) is 4.90 Å². The molecule has 3 atom stereocenters. The fourth-order valence-electron chi connectivity index (χ4n) is 4.79. The molecule has 0 saturated carbocycles. The lowest BCUT2D eigenvalue weighted by Crippen LogP contribution is -2.71. The summed E-state index contributed by atoms with van der Waals surface area (Å²) >= 11 is 0. The van der Waals surface area contributed by atoms with Crippen LogP contribution in [0.1, 0.15) is 22.6 Å². The lowest BCUT2D eigenvalue weighted by Gasteiger charge is -2.55. The van der Waals surface area contributed by atoms with E-state index in [0.29, 0.717) is 24.5 Å². The van der Waals surface area contributed by atoms with E-state index in [9.17, 15) is 4.39 Å². The van der Waals surface area contributed by atoms with Crippen LogP contribution in [0, 0.1) is 12.7 Å². The van der Waals surface area contributed by atoms with Crippen molar-refractivity contribution in [1.82, 2.24) is 10.2 Å². The van der Waals surface area contributed by atoms with E-state index in [-0.39, 0.29) is 5.82 Å². The van der Waals surface area contributed by atoms with Crippen molar-refractivity contribution in [2.24, 2.45) is 0 Å². The van der Waals surface area contributed by atoms with E-state index in [1.807, 2.05) is 12.1 Å². The van der Waals surface area contributed by atoms with Gasteiger partial charge in [0, 0.05) is 43.2 Å². The Morgan fingerprint density at radius 1 is 0.893 bits per heavy atom. The molecule has 2 bridgehead atoms. The van der Waals surface area contributed by atoms with Crippen molar-refractivity contribution in [1.29, 1.82) is 0 Å². The number of piperidine rings is 1. The summed E-state index contributed by atoms with van der Waals surface area (Å²) in [5.74, 6) is 0.460. The van der Waals surface area contributed by atoms with Crippen molar-refractivity contribution in [3.05, 3.63) is 95.3 Å². The molecule has 142 valence electrons. The van der Waals surface area contributed by atoms with Crippen LogP contribution in [0.4, 0.5) is 4.39 Å². The molecule has 3 fully saturated rings. The van der Waals surface area contributed by atoms with Crippen molar-refractivity contribution in [3.63, 3.8) is 0 Å². The average molecular weight is 372 g/mol. The number of aryl methyl sites for hydroxylation is 1. The number of nitrogens with zero attached hydrogens (tertiary/aromatic N) is 1. The molecule has 3 heterocycles. The predicted octanol–water partition coefficient (Wildman–Crippen LogP) is 4.74. The Balaban J connectivity index is 1.27. The zero-order valence-corrected chi connectivity index (χ0v) is 16.1. The van der Waals surface area contributed by atoms with Crippen LogP contribution in [-0.2, 0) is 6.54 Å². The molecule has 2 nitrogen and oxygen atoms in total. The highest BCUT2D eigenvalue weighted by Crippen LogP contribution is 2.38. The van der Waals surface area contributed by atoms with Crippen LogP contribution in [0.2, 0.25) is 0 Å². The van der Waals surface area contributed by atoms with E-state index < -0.39 is 0 Å². The highest BCUT2D eigenvalue weighted by Gasteiger charge is 2.46. The number of benzene rings is 3. The smallest absolute Gasteiger partial charge is 0.127 e. The molecule has 3 aliphatic heterocycles. The van der Waals surface area contributed by atoms with Crippen molar-refractivity contribution >= 4 is 0 Å². The Labute approximate surface area is 166 Å². The van der Waals surface area contributed by atoms with E-state index >= 15 is 0 Å². The van der Waals surface area contributed by atoms with Gasteiger partial charge in [-0.15, -0.1) is 0 Å². The van der Waals surface area contributed by atoms with Crippen molar-refractivity contribution in [3.8, 4) is 11.1 Å². The molecule has 0 amide bonds. The van der Waals surface area contributed by atoms with Gasteiger partial charge in [-0.2, -0.15) is 0 Å². The largest absolute Gasteiger partial charge is 0.307 e.